The first-order chi connectivity index (χ1) is 11.4. The Labute approximate surface area is 151 Å². The summed E-state index contributed by atoms with van der Waals surface area (Å²) >= 11 is 4.59. The lowest BCUT2D eigenvalue weighted by atomic mass is 10.2. The maximum atomic E-state index is 12.2. The van der Waals surface area contributed by atoms with Crippen molar-refractivity contribution in [3.63, 3.8) is 0 Å². The van der Waals surface area contributed by atoms with Crippen molar-refractivity contribution < 1.29 is 19.1 Å². The lowest BCUT2D eigenvalue weighted by molar-refractivity contribution is -0.116. The number of esters is 1. The van der Waals surface area contributed by atoms with Crippen molar-refractivity contribution in [2.75, 3.05) is 26.0 Å². The molecule has 2 aromatic rings. The second kappa shape index (κ2) is 8.07. The topological polar surface area (TPSA) is 75.7 Å². The molecular formula is C16H15BrN2O4S. The summed E-state index contributed by atoms with van der Waals surface area (Å²) in [5, 5.41) is 2.63. The largest absolute Gasteiger partial charge is 0.465 e. The van der Waals surface area contributed by atoms with E-state index in [-0.39, 0.29) is 18.0 Å². The fourth-order valence-corrected chi connectivity index (χ4v) is 3.36. The summed E-state index contributed by atoms with van der Waals surface area (Å²) < 4.78 is 5.52. The van der Waals surface area contributed by atoms with Crippen molar-refractivity contribution in [3.8, 4) is 0 Å². The van der Waals surface area contributed by atoms with E-state index in [0.717, 1.165) is 3.79 Å². The number of carbonyl (C=O) groups is 3. The maximum Gasteiger partial charge on any atom is 0.339 e. The van der Waals surface area contributed by atoms with Crippen LogP contribution in [0.2, 0.25) is 0 Å². The van der Waals surface area contributed by atoms with Gasteiger partial charge in [-0.05, 0) is 40.2 Å². The molecule has 1 heterocycles. The second-order valence-corrected chi connectivity index (χ2v) is 7.31. The fraction of sp³-hybridized carbons (Fsp3) is 0.188. The third-order valence-corrected chi connectivity index (χ3v) is 4.73. The van der Waals surface area contributed by atoms with Gasteiger partial charge in [-0.15, -0.1) is 11.3 Å². The molecule has 1 N–H and O–H groups in total. The molecular weight excluding hydrogens is 396 g/mol. The average Bonchev–Trinajstić information content (AvgIpc) is 3.00. The number of amides is 2. The summed E-state index contributed by atoms with van der Waals surface area (Å²) in [4.78, 5) is 37.9. The Kier molecular flexibility index (Phi) is 6.10. The molecule has 0 fully saturated rings. The normalized spacial score (nSPS) is 10.1. The highest BCUT2D eigenvalue weighted by atomic mass is 79.9. The molecule has 0 bridgehead atoms. The Bertz CT molecular complexity index is 775. The van der Waals surface area contributed by atoms with E-state index in [0.29, 0.717) is 10.6 Å². The smallest absolute Gasteiger partial charge is 0.339 e. The van der Waals surface area contributed by atoms with Gasteiger partial charge in [0.1, 0.15) is 0 Å². The van der Waals surface area contributed by atoms with E-state index in [1.54, 1.807) is 43.4 Å². The first kappa shape index (κ1) is 18.2. The van der Waals surface area contributed by atoms with E-state index >= 15 is 0 Å². The molecule has 0 radical (unpaired) electrons. The summed E-state index contributed by atoms with van der Waals surface area (Å²) in [5.74, 6) is -1.20. The number of anilines is 1. The Balaban J connectivity index is 2.03. The van der Waals surface area contributed by atoms with E-state index < -0.39 is 11.9 Å². The molecule has 0 aliphatic rings. The van der Waals surface area contributed by atoms with Gasteiger partial charge in [-0.2, -0.15) is 0 Å². The lowest BCUT2D eigenvalue weighted by Gasteiger charge is -2.16. The van der Waals surface area contributed by atoms with Crippen LogP contribution in [-0.2, 0) is 9.53 Å². The van der Waals surface area contributed by atoms with Gasteiger partial charge in [-0.1, -0.05) is 12.1 Å². The predicted octanol–water partition coefficient (Wildman–Crippen LogP) is 3.01. The number of benzene rings is 1. The van der Waals surface area contributed by atoms with Crippen LogP contribution in [0.25, 0.3) is 0 Å². The molecule has 24 heavy (non-hydrogen) atoms. The van der Waals surface area contributed by atoms with Gasteiger partial charge >= 0.3 is 5.97 Å². The van der Waals surface area contributed by atoms with Crippen molar-refractivity contribution in [1.82, 2.24) is 4.90 Å². The number of hydrogen-bond acceptors (Lipinski definition) is 5. The van der Waals surface area contributed by atoms with Crippen LogP contribution in [0.1, 0.15) is 20.0 Å². The van der Waals surface area contributed by atoms with Gasteiger partial charge in [0, 0.05) is 7.05 Å². The number of methoxy groups -OCH3 is 1. The molecule has 1 aromatic heterocycles. The molecule has 2 rings (SSSR count). The minimum Gasteiger partial charge on any atom is -0.465 e. The minimum absolute atomic E-state index is 0.135. The molecule has 0 spiro atoms. The van der Waals surface area contributed by atoms with Crippen LogP contribution in [0.4, 0.5) is 5.69 Å². The monoisotopic (exact) mass is 410 g/mol. The molecule has 2 amide bonds. The Hall–Kier alpha value is -2.19. The Morgan fingerprint density at radius 2 is 1.92 bits per heavy atom. The van der Waals surface area contributed by atoms with Crippen LogP contribution in [0.15, 0.2) is 40.2 Å². The summed E-state index contributed by atoms with van der Waals surface area (Å²) in [6.07, 6.45) is 0. The summed E-state index contributed by atoms with van der Waals surface area (Å²) in [6.45, 7) is -0.135. The Morgan fingerprint density at radius 1 is 1.21 bits per heavy atom. The van der Waals surface area contributed by atoms with Gasteiger partial charge < -0.3 is 15.0 Å². The second-order valence-electron chi connectivity index (χ2n) is 4.85. The van der Waals surface area contributed by atoms with Gasteiger partial charge in [0.05, 0.1) is 33.6 Å². The zero-order valence-corrected chi connectivity index (χ0v) is 15.4. The van der Waals surface area contributed by atoms with Gasteiger partial charge in [0.2, 0.25) is 5.91 Å². The number of nitrogens with one attached hydrogen (secondary N) is 1. The first-order valence-corrected chi connectivity index (χ1v) is 8.51. The molecule has 1 aromatic carbocycles. The highest BCUT2D eigenvalue weighted by Crippen LogP contribution is 2.23. The molecule has 0 unspecified atom stereocenters. The molecule has 126 valence electrons. The molecule has 0 saturated carbocycles. The van der Waals surface area contributed by atoms with Crippen molar-refractivity contribution in [1.29, 1.82) is 0 Å². The molecule has 0 atom stereocenters. The van der Waals surface area contributed by atoms with E-state index in [9.17, 15) is 14.4 Å². The van der Waals surface area contributed by atoms with Gasteiger partial charge in [0.25, 0.3) is 5.91 Å². The number of hydrogen-bond donors (Lipinski definition) is 1. The molecule has 0 saturated heterocycles. The lowest BCUT2D eigenvalue weighted by Crippen LogP contribution is -2.34. The average molecular weight is 411 g/mol. The van der Waals surface area contributed by atoms with Gasteiger partial charge in [-0.3, -0.25) is 9.59 Å². The number of thiophene rings is 1. The summed E-state index contributed by atoms with van der Waals surface area (Å²) in [7, 11) is 2.81. The zero-order valence-electron chi connectivity index (χ0n) is 13.0. The fourth-order valence-electron chi connectivity index (χ4n) is 1.97. The molecule has 8 heteroatoms. The van der Waals surface area contributed by atoms with Crippen LogP contribution < -0.4 is 5.32 Å². The van der Waals surface area contributed by atoms with E-state index in [1.807, 2.05) is 0 Å². The van der Waals surface area contributed by atoms with Crippen LogP contribution in [-0.4, -0.2) is 43.4 Å². The van der Waals surface area contributed by atoms with E-state index in [1.165, 1.54) is 23.3 Å². The number of rotatable bonds is 5. The number of nitrogens with zero attached hydrogens (tertiary/aromatic N) is 1. The van der Waals surface area contributed by atoms with Crippen molar-refractivity contribution >= 4 is 50.7 Å². The third-order valence-electron chi connectivity index (χ3n) is 3.12. The first-order valence-electron chi connectivity index (χ1n) is 6.90. The SMILES string of the molecule is COC(=O)c1ccccc1NC(=O)CN(C)C(=O)c1ccc(Br)s1. The number of ether oxygens (including phenoxy) is 1. The van der Waals surface area contributed by atoms with Crippen molar-refractivity contribution in [2.24, 2.45) is 0 Å². The minimum atomic E-state index is -0.543. The van der Waals surface area contributed by atoms with Crippen LogP contribution in [0.5, 0.6) is 0 Å². The standard InChI is InChI=1S/C16H15BrN2O4S/c1-19(15(21)12-7-8-13(17)24-12)9-14(20)18-11-6-4-3-5-10(11)16(22)23-2/h3-8H,9H2,1-2H3,(H,18,20). The third kappa shape index (κ3) is 4.42. The Morgan fingerprint density at radius 3 is 2.54 bits per heavy atom. The zero-order chi connectivity index (χ0) is 17.7. The van der Waals surface area contributed by atoms with Gasteiger partial charge in [-0.25, -0.2) is 4.79 Å². The molecule has 6 nitrogen and oxygen atoms in total. The van der Waals surface area contributed by atoms with E-state index in [2.05, 4.69) is 26.0 Å². The molecule has 0 aliphatic heterocycles. The van der Waals surface area contributed by atoms with Gasteiger partial charge in [0.15, 0.2) is 0 Å². The molecule has 0 aliphatic carbocycles. The highest BCUT2D eigenvalue weighted by Gasteiger charge is 2.18. The highest BCUT2D eigenvalue weighted by molar-refractivity contribution is 9.11. The van der Waals surface area contributed by atoms with Crippen molar-refractivity contribution in [2.45, 2.75) is 0 Å². The van der Waals surface area contributed by atoms with Crippen LogP contribution >= 0.6 is 27.3 Å². The maximum absolute atomic E-state index is 12.2. The number of carbonyl (C=O) groups excluding carboxylic acids is 3. The van der Waals surface area contributed by atoms with E-state index in [4.69, 9.17) is 0 Å². The predicted molar refractivity (Wildman–Crippen MR) is 95.4 cm³/mol. The van der Waals surface area contributed by atoms with Crippen molar-refractivity contribution in [3.05, 3.63) is 50.6 Å². The quantitative estimate of drug-likeness (QED) is 0.768. The number of para-hydroxylation sites is 1. The van der Waals surface area contributed by atoms with Crippen LogP contribution in [0, 0.1) is 0 Å². The number of halogens is 1. The number of likely N-dealkylation sites (N-methyl/N-ethyl adjacent to an activating group) is 1. The van der Waals surface area contributed by atoms with Crippen LogP contribution in [0.3, 0.4) is 0 Å². The summed E-state index contributed by atoms with van der Waals surface area (Å²) in [5.41, 5.74) is 0.596. The summed E-state index contributed by atoms with van der Waals surface area (Å²) in [6, 6.07) is 9.99.